The third-order valence-electron chi connectivity index (χ3n) is 1.58. The number of para-hydroxylation sites is 1. The molecule has 0 bridgehead atoms. The maximum absolute atomic E-state index is 11.4. The van der Waals surface area contributed by atoms with Gasteiger partial charge in [0.1, 0.15) is 0 Å². The molecule has 0 aliphatic heterocycles. The van der Waals surface area contributed by atoms with Crippen LogP contribution in [0, 0.1) is 0 Å². The lowest BCUT2D eigenvalue weighted by atomic mass is 10.3. The zero-order valence-corrected chi connectivity index (χ0v) is 9.35. The van der Waals surface area contributed by atoms with Gasteiger partial charge >= 0.3 is 8.03 Å². The van der Waals surface area contributed by atoms with E-state index < -0.39 is 8.03 Å². The first kappa shape index (κ1) is 10.6. The van der Waals surface area contributed by atoms with Gasteiger partial charge in [0.25, 0.3) is 0 Å². The largest absolute Gasteiger partial charge is 0.570 e. The maximum atomic E-state index is 11.4. The number of rotatable bonds is 4. The van der Waals surface area contributed by atoms with E-state index in [-0.39, 0.29) is 4.99 Å². The summed E-state index contributed by atoms with van der Waals surface area (Å²) < 4.78 is 16.7. The average molecular weight is 215 g/mol. The van der Waals surface area contributed by atoms with Gasteiger partial charge in [0.05, 0.1) is 0 Å². The second-order valence-corrected chi connectivity index (χ2v) is 5.58. The van der Waals surface area contributed by atoms with Gasteiger partial charge in [-0.2, -0.15) is 0 Å². The Bertz CT molecular complexity index is 276. The van der Waals surface area contributed by atoms with Gasteiger partial charge in [0.15, 0.2) is 5.75 Å². The predicted molar refractivity (Wildman–Crippen MR) is 57.7 cm³/mol. The second-order valence-electron chi connectivity index (χ2n) is 2.52. The molecule has 0 fully saturated rings. The molecule has 4 heteroatoms. The van der Waals surface area contributed by atoms with Crippen molar-refractivity contribution in [1.82, 2.24) is 0 Å². The molecule has 0 aliphatic carbocycles. The van der Waals surface area contributed by atoms with Gasteiger partial charge in [-0.25, -0.2) is 0 Å². The molecule has 70 valence electrons. The molecule has 1 aromatic rings. The molecule has 0 heterocycles. The van der Waals surface area contributed by atoms with Gasteiger partial charge in [-0.3, -0.25) is 4.52 Å². The molecule has 0 amide bonds. The van der Waals surface area contributed by atoms with E-state index in [4.69, 9.17) is 4.52 Å². The highest BCUT2D eigenvalue weighted by molar-refractivity contribution is 8.03. The van der Waals surface area contributed by atoms with E-state index in [1.54, 1.807) is 23.9 Å². The van der Waals surface area contributed by atoms with E-state index >= 15 is 0 Å². The lowest BCUT2D eigenvalue weighted by Gasteiger charge is -1.95. The fraction of sp³-hybridized carbons (Fsp3) is 0.333. The Morgan fingerprint density at radius 1 is 1.38 bits per heavy atom. The molecular weight excluding hydrogens is 203 g/mol. The van der Waals surface area contributed by atoms with Gasteiger partial charge in [-0.1, -0.05) is 18.2 Å². The van der Waals surface area contributed by atoms with Crippen molar-refractivity contribution in [3.05, 3.63) is 30.3 Å². The zero-order valence-electron chi connectivity index (χ0n) is 7.64. The molecule has 2 atom stereocenters. The van der Waals surface area contributed by atoms with Crippen LogP contribution in [0.1, 0.15) is 6.92 Å². The Labute approximate surface area is 83.6 Å². The van der Waals surface area contributed by atoms with E-state index in [9.17, 15) is 4.57 Å². The molecule has 0 N–H and O–H groups in total. The summed E-state index contributed by atoms with van der Waals surface area (Å²) in [5, 5.41) is 0. The molecule has 0 aliphatic rings. The lowest BCUT2D eigenvalue weighted by molar-refractivity contribution is 0.504. The van der Waals surface area contributed by atoms with Crippen LogP contribution in [0.15, 0.2) is 30.3 Å². The monoisotopic (exact) mass is 215 g/mol. The van der Waals surface area contributed by atoms with Crippen LogP contribution in [-0.2, 0) is 4.57 Å². The van der Waals surface area contributed by atoms with Crippen molar-refractivity contribution in [2.75, 3.05) is 6.26 Å². The molecule has 0 saturated heterocycles. The molecule has 1 rings (SSSR count). The third-order valence-corrected chi connectivity index (χ3v) is 4.39. The highest BCUT2D eigenvalue weighted by Crippen LogP contribution is 2.36. The van der Waals surface area contributed by atoms with Crippen molar-refractivity contribution in [3.8, 4) is 5.75 Å². The van der Waals surface area contributed by atoms with Crippen molar-refractivity contribution in [1.29, 1.82) is 0 Å². The SMILES string of the molecule is CSC(C)[P+](=O)Oc1ccccc1. The molecule has 1 aromatic carbocycles. The van der Waals surface area contributed by atoms with Gasteiger partial charge in [-0.15, -0.1) is 11.8 Å². The van der Waals surface area contributed by atoms with E-state index in [2.05, 4.69) is 0 Å². The minimum absolute atomic E-state index is 0.0372. The first-order chi connectivity index (χ1) is 6.24. The fourth-order valence-electron chi connectivity index (χ4n) is 0.746. The van der Waals surface area contributed by atoms with E-state index in [0.29, 0.717) is 5.75 Å². The molecule has 0 radical (unpaired) electrons. The molecule has 0 spiro atoms. The molecular formula is C9H12O2PS+. The number of hydrogen-bond acceptors (Lipinski definition) is 3. The third kappa shape index (κ3) is 3.37. The van der Waals surface area contributed by atoms with Crippen molar-refractivity contribution in [2.24, 2.45) is 0 Å². The topological polar surface area (TPSA) is 26.3 Å². The van der Waals surface area contributed by atoms with Crippen molar-refractivity contribution in [2.45, 2.75) is 11.9 Å². The van der Waals surface area contributed by atoms with Crippen LogP contribution in [0.3, 0.4) is 0 Å². The smallest absolute Gasteiger partial charge is 0.254 e. The summed E-state index contributed by atoms with van der Waals surface area (Å²) in [6, 6.07) is 9.24. The summed E-state index contributed by atoms with van der Waals surface area (Å²) in [5.41, 5.74) is 0. The average Bonchev–Trinajstić information content (AvgIpc) is 2.18. The van der Waals surface area contributed by atoms with Gasteiger partial charge < -0.3 is 0 Å². The lowest BCUT2D eigenvalue weighted by Crippen LogP contribution is -1.92. The molecule has 2 unspecified atom stereocenters. The molecule has 0 saturated carbocycles. The van der Waals surface area contributed by atoms with Crippen LogP contribution >= 0.6 is 19.8 Å². The summed E-state index contributed by atoms with van der Waals surface area (Å²) in [7, 11) is -1.61. The standard InChI is InChI=1S/C9H12O2PS/c1-8(13-2)12(10)11-9-6-4-3-5-7-9/h3-8H,1-2H3/q+1. The summed E-state index contributed by atoms with van der Waals surface area (Å²) >= 11 is 1.54. The van der Waals surface area contributed by atoms with E-state index in [1.165, 1.54) is 0 Å². The van der Waals surface area contributed by atoms with E-state index in [0.717, 1.165) is 0 Å². The highest BCUT2D eigenvalue weighted by atomic mass is 32.2. The molecule has 2 nitrogen and oxygen atoms in total. The van der Waals surface area contributed by atoms with Crippen LogP contribution in [0.25, 0.3) is 0 Å². The van der Waals surface area contributed by atoms with Crippen molar-refractivity contribution < 1.29 is 9.09 Å². The summed E-state index contributed by atoms with van der Waals surface area (Å²) in [6.45, 7) is 1.90. The number of thioether (sulfide) groups is 1. The Hall–Kier alpha value is -0.530. The van der Waals surface area contributed by atoms with Crippen LogP contribution in [0.5, 0.6) is 5.75 Å². The Kier molecular flexibility index (Phi) is 4.26. The number of hydrogen-bond donors (Lipinski definition) is 0. The minimum Gasteiger partial charge on any atom is -0.254 e. The molecule has 0 aromatic heterocycles. The van der Waals surface area contributed by atoms with Crippen LogP contribution in [0.2, 0.25) is 0 Å². The van der Waals surface area contributed by atoms with Gasteiger partial charge in [-0.05, 0) is 29.9 Å². The van der Waals surface area contributed by atoms with Gasteiger partial charge in [0, 0.05) is 0 Å². The second kappa shape index (κ2) is 5.25. The van der Waals surface area contributed by atoms with Crippen LogP contribution in [0.4, 0.5) is 0 Å². The fourth-order valence-corrected chi connectivity index (χ4v) is 2.04. The van der Waals surface area contributed by atoms with Crippen LogP contribution < -0.4 is 4.52 Å². The Balaban J connectivity index is 2.55. The zero-order chi connectivity index (χ0) is 9.68. The van der Waals surface area contributed by atoms with Crippen molar-refractivity contribution in [3.63, 3.8) is 0 Å². The van der Waals surface area contributed by atoms with Crippen molar-refractivity contribution >= 4 is 19.8 Å². The minimum atomic E-state index is -1.61. The molecule has 13 heavy (non-hydrogen) atoms. The van der Waals surface area contributed by atoms with Crippen LogP contribution in [-0.4, -0.2) is 11.2 Å². The van der Waals surface area contributed by atoms with E-state index in [1.807, 2.05) is 31.4 Å². The Morgan fingerprint density at radius 2 is 2.00 bits per heavy atom. The number of benzene rings is 1. The maximum Gasteiger partial charge on any atom is 0.570 e. The normalized spacial score (nSPS) is 13.5. The summed E-state index contributed by atoms with van der Waals surface area (Å²) in [6.07, 6.45) is 1.92. The highest BCUT2D eigenvalue weighted by Gasteiger charge is 2.28. The first-order valence-electron chi connectivity index (χ1n) is 3.96. The summed E-state index contributed by atoms with van der Waals surface area (Å²) in [5.74, 6) is 0.671. The Morgan fingerprint density at radius 3 is 2.54 bits per heavy atom. The first-order valence-corrected chi connectivity index (χ1v) is 6.49. The summed E-state index contributed by atoms with van der Waals surface area (Å²) in [4.78, 5) is 0.0372. The van der Waals surface area contributed by atoms with Gasteiger partial charge in [0.2, 0.25) is 4.99 Å². The predicted octanol–water partition coefficient (Wildman–Crippen LogP) is 3.52. The quantitative estimate of drug-likeness (QED) is 0.719.